The quantitative estimate of drug-likeness (QED) is 0.683. The van der Waals surface area contributed by atoms with E-state index < -0.39 is 10.0 Å². The molecular formula is C20H28N3O3S2+. The summed E-state index contributed by atoms with van der Waals surface area (Å²) in [6, 6.07) is 10.4. The average molecular weight is 423 g/mol. The molecule has 0 aliphatic carbocycles. The summed E-state index contributed by atoms with van der Waals surface area (Å²) in [5.41, 5.74) is 0.615. The Morgan fingerprint density at radius 2 is 1.89 bits per heavy atom. The fourth-order valence-corrected chi connectivity index (χ4v) is 5.72. The zero-order valence-electron chi connectivity index (χ0n) is 16.3. The molecule has 2 aromatic rings. The van der Waals surface area contributed by atoms with E-state index in [1.54, 1.807) is 35.6 Å². The van der Waals surface area contributed by atoms with Gasteiger partial charge in [-0.2, -0.15) is 4.31 Å². The molecule has 2 N–H and O–H groups in total. The third-order valence-electron chi connectivity index (χ3n) is 5.27. The Morgan fingerprint density at radius 3 is 2.46 bits per heavy atom. The summed E-state index contributed by atoms with van der Waals surface area (Å²) < 4.78 is 26.7. The lowest BCUT2D eigenvalue weighted by Gasteiger charge is -2.23. The molecule has 2 heterocycles. The van der Waals surface area contributed by atoms with E-state index in [9.17, 15) is 13.2 Å². The minimum Gasteiger partial charge on any atom is -0.321 e. The van der Waals surface area contributed by atoms with Crippen LogP contribution in [0.2, 0.25) is 0 Å². The zero-order chi connectivity index (χ0) is 20.1. The number of nitrogens with zero attached hydrogens (tertiary/aromatic N) is 1. The highest BCUT2D eigenvalue weighted by atomic mass is 32.2. The van der Waals surface area contributed by atoms with E-state index in [4.69, 9.17) is 0 Å². The number of carbonyl (C=O) groups excluding carboxylic acids is 1. The van der Waals surface area contributed by atoms with Gasteiger partial charge in [0.25, 0.3) is 5.91 Å². The van der Waals surface area contributed by atoms with Crippen molar-refractivity contribution < 1.29 is 18.1 Å². The lowest BCUT2D eigenvalue weighted by molar-refractivity contribution is -0.925. The second-order valence-corrected chi connectivity index (χ2v) is 10.1. The third kappa shape index (κ3) is 4.81. The normalized spacial score (nSPS) is 17.4. The number of rotatable bonds is 8. The number of anilines is 1. The number of hydrogen-bond donors (Lipinski definition) is 2. The Labute approximate surface area is 171 Å². The third-order valence-corrected chi connectivity index (χ3v) is 8.06. The molecule has 1 saturated heterocycles. The molecule has 0 radical (unpaired) electrons. The maximum atomic E-state index is 12.7. The summed E-state index contributed by atoms with van der Waals surface area (Å²) in [6.07, 6.45) is 1.82. The van der Waals surface area contributed by atoms with Gasteiger partial charge >= 0.3 is 0 Å². The largest absolute Gasteiger partial charge is 0.321 e. The fraction of sp³-hybridized carbons (Fsp3) is 0.450. The summed E-state index contributed by atoms with van der Waals surface area (Å²) in [5.74, 6) is -0.0662. The topological polar surface area (TPSA) is 70.9 Å². The monoisotopic (exact) mass is 422 g/mol. The summed E-state index contributed by atoms with van der Waals surface area (Å²) in [6.45, 7) is 6.82. The molecule has 28 heavy (non-hydrogen) atoms. The van der Waals surface area contributed by atoms with Crippen LogP contribution in [-0.4, -0.2) is 44.3 Å². The molecule has 2 atom stereocenters. The fourth-order valence-electron chi connectivity index (χ4n) is 3.44. The van der Waals surface area contributed by atoms with Crippen LogP contribution in [0.25, 0.3) is 0 Å². The zero-order valence-corrected chi connectivity index (χ0v) is 18.0. The molecule has 1 aliphatic heterocycles. The van der Waals surface area contributed by atoms with E-state index in [2.05, 4.69) is 18.3 Å². The molecule has 6 nitrogen and oxygen atoms in total. The van der Waals surface area contributed by atoms with Gasteiger partial charge in [-0.3, -0.25) is 4.79 Å². The highest BCUT2D eigenvalue weighted by Gasteiger charge is 2.27. The van der Waals surface area contributed by atoms with Gasteiger partial charge in [-0.1, -0.05) is 6.07 Å². The van der Waals surface area contributed by atoms with E-state index in [1.165, 1.54) is 14.1 Å². The van der Waals surface area contributed by atoms with E-state index in [0.717, 1.165) is 25.9 Å². The Morgan fingerprint density at radius 1 is 1.21 bits per heavy atom. The predicted molar refractivity (Wildman–Crippen MR) is 112 cm³/mol. The van der Waals surface area contributed by atoms with Crippen LogP contribution in [0.1, 0.15) is 31.6 Å². The molecule has 0 saturated carbocycles. The first-order valence-corrected chi connectivity index (χ1v) is 12.0. The van der Waals surface area contributed by atoms with Crippen molar-refractivity contribution in [2.24, 2.45) is 0 Å². The van der Waals surface area contributed by atoms with Gasteiger partial charge in [0.1, 0.15) is 6.54 Å². The van der Waals surface area contributed by atoms with Crippen LogP contribution in [0.15, 0.2) is 46.7 Å². The molecule has 1 aliphatic rings. The number of benzene rings is 1. The van der Waals surface area contributed by atoms with E-state index >= 15 is 0 Å². The number of carbonyl (C=O) groups is 1. The average Bonchev–Trinajstić information content (AvgIpc) is 3.40. The van der Waals surface area contributed by atoms with Crippen LogP contribution < -0.4 is 10.2 Å². The molecule has 1 aromatic heterocycles. The second-order valence-electron chi connectivity index (χ2n) is 7.11. The molecule has 8 heteroatoms. The molecule has 3 rings (SSSR count). The van der Waals surface area contributed by atoms with E-state index in [0.29, 0.717) is 18.8 Å². The van der Waals surface area contributed by atoms with Gasteiger partial charge in [-0.15, -0.1) is 11.3 Å². The first kappa shape index (κ1) is 21.0. The maximum Gasteiger partial charge on any atom is 0.282 e. The van der Waals surface area contributed by atoms with Gasteiger partial charge in [0.05, 0.1) is 16.3 Å². The Hall–Kier alpha value is -1.74. The van der Waals surface area contributed by atoms with Crippen LogP contribution in [0.3, 0.4) is 0 Å². The molecule has 0 bridgehead atoms. The molecule has 1 fully saturated rings. The number of quaternary nitrogens is 1. The Kier molecular flexibility index (Phi) is 6.87. The van der Waals surface area contributed by atoms with Gasteiger partial charge < -0.3 is 10.2 Å². The van der Waals surface area contributed by atoms with Crippen molar-refractivity contribution in [1.29, 1.82) is 0 Å². The smallest absolute Gasteiger partial charge is 0.282 e. The first-order valence-electron chi connectivity index (χ1n) is 9.70. The summed E-state index contributed by atoms with van der Waals surface area (Å²) in [7, 11) is -3.43. The van der Waals surface area contributed by atoms with Crippen molar-refractivity contribution >= 4 is 33.0 Å². The van der Waals surface area contributed by atoms with E-state index in [-0.39, 0.29) is 16.8 Å². The number of amides is 1. The lowest BCUT2D eigenvalue weighted by Crippen LogP contribution is -3.15. The van der Waals surface area contributed by atoms with Gasteiger partial charge in [0.15, 0.2) is 6.04 Å². The maximum absolute atomic E-state index is 12.7. The van der Waals surface area contributed by atoms with Crippen molar-refractivity contribution in [3.8, 4) is 0 Å². The number of likely N-dealkylation sites (N-methyl/N-ethyl adjacent to an activating group) is 1. The molecular weight excluding hydrogens is 394 g/mol. The standard InChI is InChI=1S/C20H27N3O3S2/c1-3-22(15-18-7-6-14-27-18)16(2)20(24)21-17-8-10-19(11-9-17)28(25,26)23-12-4-5-13-23/h6-11,14,16H,3-5,12-13,15H2,1-2H3,(H,21,24)/p+1/t16-/m0/s1. The van der Waals surface area contributed by atoms with Crippen molar-refractivity contribution in [1.82, 2.24) is 4.31 Å². The second kappa shape index (κ2) is 9.17. The van der Waals surface area contributed by atoms with Crippen LogP contribution in [0.5, 0.6) is 0 Å². The molecule has 0 spiro atoms. The molecule has 152 valence electrons. The number of thiophene rings is 1. The number of sulfonamides is 1. The summed E-state index contributed by atoms with van der Waals surface area (Å²) >= 11 is 1.70. The van der Waals surface area contributed by atoms with Crippen LogP contribution in [-0.2, 0) is 21.4 Å². The van der Waals surface area contributed by atoms with Crippen LogP contribution in [0, 0.1) is 0 Å². The van der Waals surface area contributed by atoms with Gasteiger partial charge in [0.2, 0.25) is 10.0 Å². The van der Waals surface area contributed by atoms with Crippen molar-refractivity contribution in [2.45, 2.75) is 44.2 Å². The number of nitrogens with one attached hydrogen (secondary N) is 2. The van der Waals surface area contributed by atoms with Gasteiger partial charge in [-0.05, 0) is 62.4 Å². The van der Waals surface area contributed by atoms with Crippen LogP contribution in [0.4, 0.5) is 5.69 Å². The van der Waals surface area contributed by atoms with Crippen molar-refractivity contribution in [3.05, 3.63) is 46.7 Å². The number of hydrogen-bond acceptors (Lipinski definition) is 4. The lowest BCUT2D eigenvalue weighted by atomic mass is 10.2. The Balaban J connectivity index is 1.63. The summed E-state index contributed by atoms with van der Waals surface area (Å²) in [4.78, 5) is 15.4. The van der Waals surface area contributed by atoms with Crippen molar-refractivity contribution in [3.63, 3.8) is 0 Å². The summed E-state index contributed by atoms with van der Waals surface area (Å²) in [5, 5.41) is 4.97. The molecule has 1 amide bonds. The Bertz CT molecular complexity index is 874. The van der Waals surface area contributed by atoms with Crippen LogP contribution >= 0.6 is 11.3 Å². The van der Waals surface area contributed by atoms with Crippen molar-refractivity contribution in [2.75, 3.05) is 25.0 Å². The van der Waals surface area contributed by atoms with E-state index in [1.807, 2.05) is 18.4 Å². The van der Waals surface area contributed by atoms with Gasteiger partial charge in [0, 0.05) is 18.8 Å². The highest BCUT2D eigenvalue weighted by Crippen LogP contribution is 2.22. The highest BCUT2D eigenvalue weighted by molar-refractivity contribution is 7.89. The molecule has 1 aromatic carbocycles. The first-order chi connectivity index (χ1) is 13.4. The molecule has 1 unspecified atom stereocenters. The minimum absolute atomic E-state index is 0.0662. The predicted octanol–water partition coefficient (Wildman–Crippen LogP) is 1.96. The van der Waals surface area contributed by atoms with Gasteiger partial charge in [-0.25, -0.2) is 8.42 Å². The SMILES string of the molecule is CC[NH+](Cc1cccs1)[C@@H](C)C(=O)Nc1ccc(S(=O)(=O)N2CCCC2)cc1. The minimum atomic E-state index is -3.43.